The largest absolute Gasteiger partial charge is 0.477 e. The van der Waals surface area contributed by atoms with Crippen molar-refractivity contribution in [1.29, 1.82) is 0 Å². The summed E-state index contributed by atoms with van der Waals surface area (Å²) < 4.78 is 28.1. The third-order valence-electron chi connectivity index (χ3n) is 4.85. The van der Waals surface area contributed by atoms with E-state index in [0.29, 0.717) is 0 Å². The summed E-state index contributed by atoms with van der Waals surface area (Å²) in [5.41, 5.74) is 1.06. The zero-order chi connectivity index (χ0) is 19.3. The van der Waals surface area contributed by atoms with Crippen LogP contribution in [0.25, 0.3) is 0 Å². The Hall–Kier alpha value is -1.74. The summed E-state index contributed by atoms with van der Waals surface area (Å²) in [6.07, 6.45) is 4.59. The van der Waals surface area contributed by atoms with Crippen molar-refractivity contribution in [2.45, 2.75) is 36.6 Å². The molecule has 1 saturated heterocycles. The van der Waals surface area contributed by atoms with Gasteiger partial charge in [-0.25, -0.2) is 17.9 Å². The number of rotatable bonds is 7. The van der Waals surface area contributed by atoms with Crippen LogP contribution in [0.4, 0.5) is 0 Å². The topological polar surface area (TPSA) is 86.7 Å². The quantitative estimate of drug-likeness (QED) is 0.734. The fraction of sp³-hybridized carbons (Fsp3) is 0.421. The van der Waals surface area contributed by atoms with Crippen molar-refractivity contribution in [2.24, 2.45) is 0 Å². The lowest BCUT2D eigenvalue weighted by Crippen LogP contribution is -2.38. The van der Waals surface area contributed by atoms with E-state index in [0.717, 1.165) is 42.8 Å². The summed E-state index contributed by atoms with van der Waals surface area (Å²) in [5, 5.41) is 10.7. The summed E-state index contributed by atoms with van der Waals surface area (Å²) in [4.78, 5) is 13.3. The molecule has 0 amide bonds. The van der Waals surface area contributed by atoms with Crippen molar-refractivity contribution < 1.29 is 18.3 Å². The van der Waals surface area contributed by atoms with Gasteiger partial charge >= 0.3 is 5.97 Å². The van der Waals surface area contributed by atoms with Crippen molar-refractivity contribution in [1.82, 2.24) is 9.62 Å². The smallest absolute Gasteiger partial charge is 0.347 e. The fourth-order valence-electron chi connectivity index (χ4n) is 3.47. The Kier molecular flexibility index (Phi) is 6.64. The summed E-state index contributed by atoms with van der Waals surface area (Å²) >= 11 is 0.917. The van der Waals surface area contributed by atoms with Crippen LogP contribution >= 0.6 is 11.3 Å². The summed E-state index contributed by atoms with van der Waals surface area (Å²) in [6, 6.07) is 11.1. The first kappa shape index (κ1) is 20.0. The SMILES string of the molecule is O=C(O)c1sccc1S(=O)(=O)NCC(c1ccccc1)N1CCCCCC1. The highest BCUT2D eigenvalue weighted by Gasteiger charge is 2.27. The number of sulfonamides is 1. The molecule has 146 valence electrons. The van der Waals surface area contributed by atoms with Gasteiger partial charge in [-0.3, -0.25) is 4.90 Å². The number of nitrogens with one attached hydrogen (secondary N) is 1. The van der Waals surface area contributed by atoms with E-state index in [4.69, 9.17) is 0 Å². The molecule has 0 spiro atoms. The molecule has 1 aromatic carbocycles. The zero-order valence-electron chi connectivity index (χ0n) is 15.0. The van der Waals surface area contributed by atoms with Gasteiger partial charge in [0.25, 0.3) is 0 Å². The molecule has 1 aliphatic heterocycles. The van der Waals surface area contributed by atoms with E-state index in [1.807, 2.05) is 30.3 Å². The van der Waals surface area contributed by atoms with Gasteiger partial charge in [0.15, 0.2) is 0 Å². The van der Waals surface area contributed by atoms with Crippen molar-refractivity contribution in [3.05, 3.63) is 52.2 Å². The number of hydrogen-bond donors (Lipinski definition) is 2. The maximum Gasteiger partial charge on any atom is 0.347 e. The minimum atomic E-state index is -3.89. The highest BCUT2D eigenvalue weighted by Crippen LogP contribution is 2.26. The standard InChI is InChI=1S/C19H24N2O4S2/c22-19(23)18-17(10-13-26-18)27(24,25)20-14-16(15-8-4-3-5-9-15)21-11-6-1-2-7-12-21/h3-5,8-10,13,16,20H,1-2,6-7,11-12,14H2,(H,22,23). The Morgan fingerprint density at radius 3 is 2.41 bits per heavy atom. The van der Waals surface area contributed by atoms with Gasteiger partial charge < -0.3 is 5.11 Å². The van der Waals surface area contributed by atoms with Crippen molar-refractivity contribution >= 4 is 27.3 Å². The second-order valence-corrected chi connectivity index (χ2v) is 9.30. The van der Waals surface area contributed by atoms with Gasteiger partial charge in [0.1, 0.15) is 9.77 Å². The maximum absolute atomic E-state index is 12.7. The van der Waals surface area contributed by atoms with Crippen LogP contribution in [0.5, 0.6) is 0 Å². The van der Waals surface area contributed by atoms with E-state index in [1.165, 1.54) is 24.3 Å². The first-order chi connectivity index (χ1) is 13.0. The van der Waals surface area contributed by atoms with Crippen LogP contribution in [0.3, 0.4) is 0 Å². The van der Waals surface area contributed by atoms with E-state index in [9.17, 15) is 18.3 Å². The Morgan fingerprint density at radius 2 is 1.78 bits per heavy atom. The van der Waals surface area contributed by atoms with Gasteiger partial charge in [-0.2, -0.15) is 0 Å². The molecule has 3 rings (SSSR count). The Bertz CT molecular complexity index is 857. The number of carbonyl (C=O) groups is 1. The molecule has 1 fully saturated rings. The molecule has 2 heterocycles. The molecule has 6 nitrogen and oxygen atoms in total. The van der Waals surface area contributed by atoms with E-state index >= 15 is 0 Å². The monoisotopic (exact) mass is 408 g/mol. The molecular formula is C19H24N2O4S2. The van der Waals surface area contributed by atoms with Crippen LogP contribution < -0.4 is 4.72 Å². The van der Waals surface area contributed by atoms with Crippen LogP contribution in [0, 0.1) is 0 Å². The molecule has 0 bridgehead atoms. The van der Waals surface area contributed by atoms with Crippen LogP contribution in [0.15, 0.2) is 46.7 Å². The van der Waals surface area contributed by atoms with Crippen LogP contribution in [0.1, 0.15) is 47.0 Å². The normalized spacial score (nSPS) is 17.3. The summed E-state index contributed by atoms with van der Waals surface area (Å²) in [7, 11) is -3.89. The molecule has 0 saturated carbocycles. The predicted molar refractivity (Wildman–Crippen MR) is 106 cm³/mol. The second kappa shape index (κ2) is 8.97. The molecule has 2 aromatic rings. The number of aromatic carboxylic acids is 1. The predicted octanol–water partition coefficient (Wildman–Crippen LogP) is 3.34. The van der Waals surface area contributed by atoms with Gasteiger partial charge in [0.2, 0.25) is 10.0 Å². The summed E-state index contributed by atoms with van der Waals surface area (Å²) in [6.45, 7) is 2.07. The minimum Gasteiger partial charge on any atom is -0.477 e. The van der Waals surface area contributed by atoms with E-state index in [1.54, 1.807) is 0 Å². The number of thiophene rings is 1. The number of benzene rings is 1. The number of nitrogens with zero attached hydrogens (tertiary/aromatic N) is 1. The van der Waals surface area contributed by atoms with Gasteiger partial charge in [-0.1, -0.05) is 43.2 Å². The van der Waals surface area contributed by atoms with Gasteiger partial charge in [0.05, 0.1) is 0 Å². The Morgan fingerprint density at radius 1 is 1.11 bits per heavy atom. The maximum atomic E-state index is 12.7. The molecule has 1 unspecified atom stereocenters. The number of carboxylic acids is 1. The van der Waals surface area contributed by atoms with E-state index in [2.05, 4.69) is 9.62 Å². The first-order valence-corrected chi connectivity index (χ1v) is 11.4. The van der Waals surface area contributed by atoms with Gasteiger partial charge in [-0.05, 0) is 42.9 Å². The molecule has 1 atom stereocenters. The number of hydrogen-bond acceptors (Lipinski definition) is 5. The third kappa shape index (κ3) is 4.95. The molecule has 0 aliphatic carbocycles. The molecule has 0 radical (unpaired) electrons. The molecule has 8 heteroatoms. The Labute approximate surface area is 163 Å². The van der Waals surface area contributed by atoms with Crippen molar-refractivity contribution in [3.8, 4) is 0 Å². The van der Waals surface area contributed by atoms with Crippen LogP contribution in [-0.4, -0.2) is 44.0 Å². The number of carboxylic acid groups (broad SMARTS) is 1. The van der Waals surface area contributed by atoms with Crippen LogP contribution in [-0.2, 0) is 10.0 Å². The zero-order valence-corrected chi connectivity index (χ0v) is 16.6. The average molecular weight is 409 g/mol. The van der Waals surface area contributed by atoms with Crippen molar-refractivity contribution in [2.75, 3.05) is 19.6 Å². The lowest BCUT2D eigenvalue weighted by Gasteiger charge is -2.31. The highest BCUT2D eigenvalue weighted by atomic mass is 32.2. The summed E-state index contributed by atoms with van der Waals surface area (Å²) in [5.74, 6) is -1.22. The number of likely N-dealkylation sites (tertiary alicyclic amines) is 1. The molecule has 1 aromatic heterocycles. The molecule has 27 heavy (non-hydrogen) atoms. The van der Waals surface area contributed by atoms with E-state index in [-0.39, 0.29) is 22.4 Å². The molecule has 1 aliphatic rings. The van der Waals surface area contributed by atoms with Gasteiger partial charge in [-0.15, -0.1) is 11.3 Å². The molecule has 2 N–H and O–H groups in total. The van der Waals surface area contributed by atoms with E-state index < -0.39 is 16.0 Å². The third-order valence-corrected chi connectivity index (χ3v) is 7.34. The highest BCUT2D eigenvalue weighted by molar-refractivity contribution is 7.89. The Balaban J connectivity index is 1.81. The van der Waals surface area contributed by atoms with Crippen molar-refractivity contribution in [3.63, 3.8) is 0 Å². The minimum absolute atomic E-state index is 0.0778. The average Bonchev–Trinajstić information content (AvgIpc) is 3.02. The second-order valence-electron chi connectivity index (χ2n) is 6.65. The molecular weight excluding hydrogens is 384 g/mol. The van der Waals surface area contributed by atoms with Crippen LogP contribution in [0.2, 0.25) is 0 Å². The lowest BCUT2D eigenvalue weighted by atomic mass is 10.1. The van der Waals surface area contributed by atoms with Gasteiger partial charge in [0, 0.05) is 12.6 Å². The lowest BCUT2D eigenvalue weighted by molar-refractivity contribution is 0.0698. The fourth-order valence-corrected chi connectivity index (χ4v) is 5.77. The first-order valence-electron chi connectivity index (χ1n) is 9.08.